The van der Waals surface area contributed by atoms with Crippen LogP contribution in [0.5, 0.6) is 0 Å². The molecule has 0 aliphatic carbocycles. The summed E-state index contributed by atoms with van der Waals surface area (Å²) in [5, 5.41) is 0. The highest BCUT2D eigenvalue weighted by atomic mass is 16.2. The van der Waals surface area contributed by atoms with E-state index in [4.69, 9.17) is 5.84 Å². The fourth-order valence-electron chi connectivity index (χ4n) is 1.87. The van der Waals surface area contributed by atoms with Gasteiger partial charge in [0, 0.05) is 13.1 Å². The molecule has 0 fully saturated rings. The Bertz CT molecular complexity index is 408. The van der Waals surface area contributed by atoms with Gasteiger partial charge in [-0.3, -0.25) is 15.1 Å². The number of carbonyl (C=O) groups excluding carboxylic acids is 1. The second kappa shape index (κ2) is 7.86. The highest BCUT2D eigenvalue weighted by molar-refractivity contribution is 5.91. The summed E-state index contributed by atoms with van der Waals surface area (Å²) in [6, 6.07) is 5.44. The molecule has 5 heteroatoms. The lowest BCUT2D eigenvalue weighted by atomic mass is 10.1. The van der Waals surface area contributed by atoms with E-state index in [9.17, 15) is 4.79 Å². The lowest BCUT2D eigenvalue weighted by molar-refractivity contribution is 0.0948. The number of nitrogens with one attached hydrogen (secondary N) is 1. The van der Waals surface area contributed by atoms with Crippen molar-refractivity contribution in [3.05, 3.63) is 29.6 Å². The molecule has 1 aromatic rings. The topological polar surface area (TPSA) is 71.2 Å². The first kappa shape index (κ1) is 15.6. The number of rotatable bonds is 7. The maximum Gasteiger partial charge on any atom is 0.283 e. The Balaban J connectivity index is 2.71. The zero-order valence-electron chi connectivity index (χ0n) is 12.0. The molecular formula is C14H24N4O. The average molecular weight is 264 g/mol. The number of hydrazine groups is 1. The Hall–Kier alpha value is -1.46. The van der Waals surface area contributed by atoms with Crippen LogP contribution in [0.25, 0.3) is 0 Å². The van der Waals surface area contributed by atoms with E-state index < -0.39 is 0 Å². The van der Waals surface area contributed by atoms with Gasteiger partial charge in [-0.25, -0.2) is 10.8 Å². The van der Waals surface area contributed by atoms with Crippen molar-refractivity contribution in [2.24, 2.45) is 11.8 Å². The van der Waals surface area contributed by atoms with E-state index in [2.05, 4.69) is 36.1 Å². The molecule has 0 aliphatic rings. The second-order valence-electron chi connectivity index (χ2n) is 4.83. The number of hydrogen-bond donors (Lipinski definition) is 2. The van der Waals surface area contributed by atoms with Crippen molar-refractivity contribution in [3.8, 4) is 0 Å². The molecule has 0 saturated carbocycles. The zero-order chi connectivity index (χ0) is 14.3. The van der Waals surface area contributed by atoms with Crippen molar-refractivity contribution in [1.29, 1.82) is 0 Å². The molecule has 1 aromatic heterocycles. The third kappa shape index (κ3) is 4.96. The molecule has 0 aromatic carbocycles. The minimum absolute atomic E-state index is 0.355. The number of amides is 1. The predicted molar refractivity (Wildman–Crippen MR) is 76.3 cm³/mol. The van der Waals surface area contributed by atoms with E-state index in [1.807, 2.05) is 12.1 Å². The molecule has 106 valence electrons. The molecule has 0 saturated heterocycles. The molecule has 3 N–H and O–H groups in total. The molecular weight excluding hydrogens is 240 g/mol. The smallest absolute Gasteiger partial charge is 0.283 e. The van der Waals surface area contributed by atoms with Crippen molar-refractivity contribution in [1.82, 2.24) is 15.3 Å². The van der Waals surface area contributed by atoms with Crippen LogP contribution in [-0.4, -0.2) is 28.9 Å². The number of nitrogens with zero attached hydrogens (tertiary/aromatic N) is 2. The standard InChI is InChI=1S/C14H24N4O/c1-4-11(3)9-18(5-2)10-12-7-6-8-13(16-12)14(19)17-15/h6-8,11H,4-5,9-10,15H2,1-3H3,(H,17,19). The first-order valence-corrected chi connectivity index (χ1v) is 6.79. The summed E-state index contributed by atoms with van der Waals surface area (Å²) in [5.74, 6) is 5.42. The van der Waals surface area contributed by atoms with Crippen LogP contribution in [0.3, 0.4) is 0 Å². The molecule has 0 aliphatic heterocycles. The maximum atomic E-state index is 11.4. The third-order valence-corrected chi connectivity index (χ3v) is 3.27. The van der Waals surface area contributed by atoms with Crippen LogP contribution in [0.15, 0.2) is 18.2 Å². The van der Waals surface area contributed by atoms with Gasteiger partial charge in [0.05, 0.1) is 5.69 Å². The van der Waals surface area contributed by atoms with Crippen molar-refractivity contribution in [3.63, 3.8) is 0 Å². The Labute approximate surface area is 115 Å². The molecule has 5 nitrogen and oxygen atoms in total. The number of carbonyl (C=O) groups is 1. The van der Waals surface area contributed by atoms with Gasteiger partial charge in [0.25, 0.3) is 5.91 Å². The fourth-order valence-corrected chi connectivity index (χ4v) is 1.87. The summed E-state index contributed by atoms with van der Waals surface area (Å²) >= 11 is 0. The maximum absolute atomic E-state index is 11.4. The molecule has 1 atom stereocenters. The average Bonchev–Trinajstić information content (AvgIpc) is 2.45. The van der Waals surface area contributed by atoms with Gasteiger partial charge in [0.1, 0.15) is 5.69 Å². The van der Waals surface area contributed by atoms with Crippen LogP contribution in [0.1, 0.15) is 43.4 Å². The van der Waals surface area contributed by atoms with Crippen molar-refractivity contribution >= 4 is 5.91 Å². The van der Waals surface area contributed by atoms with E-state index in [-0.39, 0.29) is 5.91 Å². The number of aromatic nitrogens is 1. The SMILES string of the molecule is CCC(C)CN(CC)Cc1cccc(C(=O)NN)n1. The van der Waals surface area contributed by atoms with Gasteiger partial charge >= 0.3 is 0 Å². The largest absolute Gasteiger partial charge is 0.298 e. The minimum Gasteiger partial charge on any atom is -0.298 e. The molecule has 19 heavy (non-hydrogen) atoms. The van der Waals surface area contributed by atoms with Crippen LogP contribution in [-0.2, 0) is 6.54 Å². The van der Waals surface area contributed by atoms with Gasteiger partial charge in [0.15, 0.2) is 0 Å². The number of nitrogen functional groups attached to an aromatic ring is 1. The number of hydrogen-bond acceptors (Lipinski definition) is 4. The van der Waals surface area contributed by atoms with Gasteiger partial charge in [-0.1, -0.05) is 33.3 Å². The van der Waals surface area contributed by atoms with Gasteiger partial charge in [0.2, 0.25) is 0 Å². The summed E-state index contributed by atoms with van der Waals surface area (Å²) in [7, 11) is 0. The molecule has 1 amide bonds. The summed E-state index contributed by atoms with van der Waals surface area (Å²) < 4.78 is 0. The Morgan fingerprint density at radius 3 is 2.79 bits per heavy atom. The molecule has 0 radical (unpaired) electrons. The quantitative estimate of drug-likeness (QED) is 0.445. The van der Waals surface area contributed by atoms with Crippen molar-refractivity contribution in [2.75, 3.05) is 13.1 Å². The van der Waals surface area contributed by atoms with Crippen LogP contribution in [0, 0.1) is 5.92 Å². The third-order valence-electron chi connectivity index (χ3n) is 3.27. The van der Waals surface area contributed by atoms with E-state index in [0.29, 0.717) is 11.6 Å². The van der Waals surface area contributed by atoms with Crippen molar-refractivity contribution < 1.29 is 4.79 Å². The summed E-state index contributed by atoms with van der Waals surface area (Å²) in [4.78, 5) is 18.1. The van der Waals surface area contributed by atoms with Crippen molar-refractivity contribution in [2.45, 2.75) is 33.7 Å². The summed E-state index contributed by atoms with van der Waals surface area (Å²) in [5.41, 5.74) is 3.36. The van der Waals surface area contributed by atoms with E-state index in [1.165, 1.54) is 6.42 Å². The number of pyridine rings is 1. The second-order valence-corrected chi connectivity index (χ2v) is 4.83. The number of nitrogens with two attached hydrogens (primary N) is 1. The molecule has 1 rings (SSSR count). The Morgan fingerprint density at radius 2 is 2.21 bits per heavy atom. The molecule has 1 unspecified atom stereocenters. The minimum atomic E-state index is -0.355. The molecule has 1 heterocycles. The zero-order valence-corrected chi connectivity index (χ0v) is 12.0. The first-order chi connectivity index (χ1) is 9.10. The van der Waals surface area contributed by atoms with Crippen LogP contribution >= 0.6 is 0 Å². The lowest BCUT2D eigenvalue weighted by Crippen LogP contribution is -2.31. The van der Waals surface area contributed by atoms with Gasteiger partial charge in [-0.15, -0.1) is 0 Å². The highest BCUT2D eigenvalue weighted by Crippen LogP contribution is 2.08. The summed E-state index contributed by atoms with van der Waals surface area (Å²) in [6.07, 6.45) is 1.17. The fraction of sp³-hybridized carbons (Fsp3) is 0.571. The van der Waals surface area contributed by atoms with E-state index in [1.54, 1.807) is 6.07 Å². The van der Waals surface area contributed by atoms with Gasteiger partial charge in [-0.2, -0.15) is 0 Å². The van der Waals surface area contributed by atoms with Crippen LogP contribution in [0.2, 0.25) is 0 Å². The monoisotopic (exact) mass is 264 g/mol. The van der Waals surface area contributed by atoms with E-state index in [0.717, 1.165) is 25.3 Å². The predicted octanol–water partition coefficient (Wildman–Crippen LogP) is 1.55. The van der Waals surface area contributed by atoms with Gasteiger partial charge < -0.3 is 0 Å². The first-order valence-electron chi connectivity index (χ1n) is 6.79. The highest BCUT2D eigenvalue weighted by Gasteiger charge is 2.10. The molecule has 0 bridgehead atoms. The van der Waals surface area contributed by atoms with Crippen LogP contribution in [0.4, 0.5) is 0 Å². The Morgan fingerprint density at radius 1 is 1.47 bits per heavy atom. The van der Waals surface area contributed by atoms with Gasteiger partial charge in [-0.05, 0) is 24.6 Å². The van der Waals surface area contributed by atoms with E-state index >= 15 is 0 Å². The lowest BCUT2D eigenvalue weighted by Gasteiger charge is -2.23. The molecule has 0 spiro atoms. The van der Waals surface area contributed by atoms with Crippen LogP contribution < -0.4 is 11.3 Å². The Kier molecular flexibility index (Phi) is 6.45. The normalized spacial score (nSPS) is 12.5. The summed E-state index contributed by atoms with van der Waals surface area (Å²) in [6.45, 7) is 9.35.